The minimum absolute atomic E-state index is 0.0949. The highest BCUT2D eigenvalue weighted by Gasteiger charge is 2.31. The number of fused-ring (bicyclic) bond motifs is 4. The van der Waals surface area contributed by atoms with E-state index in [4.69, 9.17) is 21.3 Å². The molecular formula is C34H30ClFN4O2. The first-order valence-electron chi connectivity index (χ1n) is 14.1. The Morgan fingerprint density at radius 3 is 2.45 bits per heavy atom. The lowest BCUT2D eigenvalue weighted by Crippen LogP contribution is -2.52. The fraction of sp³-hybridized carbons (Fsp3) is 0.235. The van der Waals surface area contributed by atoms with Crippen molar-refractivity contribution in [2.45, 2.75) is 6.10 Å². The number of piperazine rings is 1. The number of halogens is 2. The Hall–Kier alpha value is -4.20. The number of ether oxygens (including phenoxy) is 1. The molecule has 0 radical (unpaired) electrons. The van der Waals surface area contributed by atoms with Crippen LogP contribution in [0.3, 0.4) is 0 Å². The number of anilines is 2. The lowest BCUT2D eigenvalue weighted by atomic mass is 9.95. The minimum atomic E-state index is -0.269. The molecule has 0 atom stereocenters. The largest absolute Gasteiger partial charge is 0.378 e. The Morgan fingerprint density at radius 1 is 0.976 bits per heavy atom. The van der Waals surface area contributed by atoms with Gasteiger partial charge in [0.1, 0.15) is 5.82 Å². The summed E-state index contributed by atoms with van der Waals surface area (Å²) < 4.78 is 22.2. The van der Waals surface area contributed by atoms with E-state index >= 15 is 4.39 Å². The van der Waals surface area contributed by atoms with Gasteiger partial charge in [0.2, 0.25) is 5.91 Å². The van der Waals surface area contributed by atoms with Gasteiger partial charge in [-0.25, -0.2) is 9.37 Å². The van der Waals surface area contributed by atoms with Gasteiger partial charge in [0.25, 0.3) is 0 Å². The lowest BCUT2D eigenvalue weighted by Gasteiger charge is -2.40. The third-order valence-electron chi connectivity index (χ3n) is 8.61. The van der Waals surface area contributed by atoms with Crippen LogP contribution in [0, 0.1) is 5.82 Å². The Balaban J connectivity index is 1.38. The molecule has 0 unspecified atom stereocenters. The molecule has 6 nitrogen and oxygen atoms in total. The van der Waals surface area contributed by atoms with Gasteiger partial charge in [0, 0.05) is 72.9 Å². The maximum absolute atomic E-state index is 16.7. The lowest BCUT2D eigenvalue weighted by molar-refractivity contribution is -0.126. The normalized spacial score (nSPS) is 15.9. The number of aromatic nitrogens is 1. The highest BCUT2D eigenvalue weighted by Crippen LogP contribution is 2.41. The molecule has 2 aliphatic rings. The summed E-state index contributed by atoms with van der Waals surface area (Å²) in [5.74, 6) is 0.391. The fourth-order valence-electron chi connectivity index (χ4n) is 6.27. The zero-order chi connectivity index (χ0) is 29.0. The first kappa shape index (κ1) is 26.7. The van der Waals surface area contributed by atoms with Crippen LogP contribution in [0.25, 0.3) is 43.6 Å². The molecule has 2 fully saturated rings. The SMILES string of the molecule is C=CC(=O)N1CCN(c2ccc3c(N4CC(OC)C4)nc4cc(-c5cccc6cccc(Cl)c56)ccc4c3c2F)CC1. The maximum Gasteiger partial charge on any atom is 0.246 e. The second-order valence-corrected chi connectivity index (χ2v) is 11.3. The highest BCUT2D eigenvalue weighted by atomic mass is 35.5. The van der Waals surface area contributed by atoms with Crippen LogP contribution in [0.4, 0.5) is 15.9 Å². The average Bonchev–Trinajstić information content (AvgIpc) is 3.00. The van der Waals surface area contributed by atoms with Crippen LogP contribution in [-0.4, -0.2) is 68.3 Å². The van der Waals surface area contributed by atoms with Gasteiger partial charge in [-0.3, -0.25) is 4.79 Å². The summed E-state index contributed by atoms with van der Waals surface area (Å²) in [5, 5.41) is 4.82. The smallest absolute Gasteiger partial charge is 0.246 e. The zero-order valence-corrected chi connectivity index (χ0v) is 24.1. The fourth-order valence-corrected chi connectivity index (χ4v) is 6.55. The molecule has 0 aliphatic carbocycles. The molecule has 0 N–H and O–H groups in total. The van der Waals surface area contributed by atoms with Gasteiger partial charge >= 0.3 is 0 Å². The summed E-state index contributed by atoms with van der Waals surface area (Å²) in [6.45, 7) is 7.13. The molecule has 2 saturated heterocycles. The van der Waals surface area contributed by atoms with Crippen molar-refractivity contribution in [3.05, 3.63) is 90.2 Å². The van der Waals surface area contributed by atoms with Gasteiger partial charge in [0.05, 0.1) is 17.3 Å². The minimum Gasteiger partial charge on any atom is -0.378 e. The number of rotatable bonds is 5. The maximum atomic E-state index is 16.7. The Kier molecular flexibility index (Phi) is 6.72. The summed E-state index contributed by atoms with van der Waals surface area (Å²) >= 11 is 6.66. The van der Waals surface area contributed by atoms with Gasteiger partial charge < -0.3 is 19.4 Å². The van der Waals surface area contributed by atoms with Crippen molar-refractivity contribution in [3.63, 3.8) is 0 Å². The number of amides is 1. The topological polar surface area (TPSA) is 48.9 Å². The van der Waals surface area contributed by atoms with Gasteiger partial charge in [-0.15, -0.1) is 0 Å². The molecule has 2 aliphatic heterocycles. The first-order chi connectivity index (χ1) is 20.5. The van der Waals surface area contributed by atoms with Crippen molar-refractivity contribution in [1.82, 2.24) is 9.88 Å². The molecule has 5 aromatic rings. The van der Waals surface area contributed by atoms with E-state index in [1.807, 2.05) is 53.4 Å². The second-order valence-electron chi connectivity index (χ2n) is 10.9. The number of benzene rings is 4. The summed E-state index contributed by atoms with van der Waals surface area (Å²) in [6.07, 6.45) is 1.46. The van der Waals surface area contributed by atoms with Crippen LogP contribution in [0.15, 0.2) is 79.4 Å². The second kappa shape index (κ2) is 10.6. The van der Waals surface area contributed by atoms with Crippen LogP contribution in [0.5, 0.6) is 0 Å². The van der Waals surface area contributed by atoms with Gasteiger partial charge in [0.15, 0.2) is 5.82 Å². The van der Waals surface area contributed by atoms with Gasteiger partial charge in [-0.05, 0) is 46.9 Å². The molecule has 0 spiro atoms. The molecule has 212 valence electrons. The zero-order valence-electron chi connectivity index (χ0n) is 23.3. The van der Waals surface area contributed by atoms with Crippen LogP contribution in [0.1, 0.15) is 0 Å². The van der Waals surface area contributed by atoms with Gasteiger partial charge in [-0.1, -0.05) is 60.6 Å². The monoisotopic (exact) mass is 580 g/mol. The van der Waals surface area contributed by atoms with Crippen LogP contribution >= 0.6 is 11.6 Å². The van der Waals surface area contributed by atoms with Crippen LogP contribution < -0.4 is 9.80 Å². The standard InChI is InChI=1S/C34H30ClFN4O2/c1-3-30(41)39-16-14-38(15-17-39)29-13-12-26-32(33(29)36)25-11-10-22(18-28(25)37-34(26)40-19-23(20-40)42-2)24-8-4-6-21-7-5-9-27(35)31(21)24/h3-13,18,23H,1,14-17,19-20H2,2H3. The van der Waals surface area contributed by atoms with Crippen molar-refractivity contribution in [2.24, 2.45) is 0 Å². The Morgan fingerprint density at radius 2 is 1.71 bits per heavy atom. The molecule has 0 bridgehead atoms. The number of nitrogens with zero attached hydrogens (tertiary/aromatic N) is 4. The molecule has 4 aromatic carbocycles. The highest BCUT2D eigenvalue weighted by molar-refractivity contribution is 6.36. The third kappa shape index (κ3) is 4.35. The number of hydrogen-bond acceptors (Lipinski definition) is 5. The Labute approximate surface area is 248 Å². The summed E-state index contributed by atoms with van der Waals surface area (Å²) in [6, 6.07) is 21.9. The molecule has 3 heterocycles. The van der Waals surface area contributed by atoms with Gasteiger partial charge in [-0.2, -0.15) is 0 Å². The molecular weight excluding hydrogens is 551 g/mol. The van der Waals surface area contributed by atoms with Crippen molar-refractivity contribution < 1.29 is 13.9 Å². The number of methoxy groups -OCH3 is 1. The summed E-state index contributed by atoms with van der Waals surface area (Å²) in [5.41, 5.74) is 3.23. The average molecular weight is 581 g/mol. The van der Waals surface area contributed by atoms with E-state index in [0.717, 1.165) is 44.0 Å². The quantitative estimate of drug-likeness (QED) is 0.172. The first-order valence-corrected chi connectivity index (χ1v) is 14.5. The predicted octanol–water partition coefficient (Wildman–Crippen LogP) is 6.67. The van der Waals surface area contributed by atoms with Crippen LogP contribution in [-0.2, 0) is 9.53 Å². The molecule has 8 heteroatoms. The predicted molar refractivity (Wildman–Crippen MR) is 169 cm³/mol. The summed E-state index contributed by atoms with van der Waals surface area (Å²) in [4.78, 5) is 23.1. The third-order valence-corrected chi connectivity index (χ3v) is 8.92. The number of pyridine rings is 1. The Bertz CT molecular complexity index is 1870. The van der Waals surface area contributed by atoms with E-state index in [2.05, 4.69) is 29.7 Å². The molecule has 0 saturated carbocycles. The number of carbonyl (C=O) groups excluding carboxylic acids is 1. The number of hydrogen-bond donors (Lipinski definition) is 0. The van der Waals surface area contributed by atoms with Crippen molar-refractivity contribution in [3.8, 4) is 11.1 Å². The summed E-state index contributed by atoms with van der Waals surface area (Å²) in [7, 11) is 1.71. The van der Waals surface area contributed by atoms with E-state index < -0.39 is 0 Å². The van der Waals surface area contributed by atoms with E-state index in [1.165, 1.54) is 6.08 Å². The van der Waals surface area contributed by atoms with E-state index in [9.17, 15) is 4.79 Å². The molecule has 1 amide bonds. The molecule has 7 rings (SSSR count). The molecule has 1 aromatic heterocycles. The van der Waals surface area contributed by atoms with Crippen molar-refractivity contribution in [2.75, 3.05) is 56.2 Å². The van der Waals surface area contributed by atoms with Crippen molar-refractivity contribution in [1.29, 1.82) is 0 Å². The van der Waals surface area contributed by atoms with Crippen LogP contribution in [0.2, 0.25) is 5.02 Å². The number of carbonyl (C=O) groups is 1. The van der Waals surface area contributed by atoms with E-state index in [1.54, 1.807) is 12.0 Å². The van der Waals surface area contributed by atoms with Crippen molar-refractivity contribution >= 4 is 61.5 Å². The van der Waals surface area contributed by atoms with E-state index in [0.29, 0.717) is 55.4 Å². The van der Waals surface area contributed by atoms with E-state index in [-0.39, 0.29) is 17.8 Å². The molecule has 42 heavy (non-hydrogen) atoms.